The van der Waals surface area contributed by atoms with Crippen LogP contribution < -0.4 is 10.6 Å². The van der Waals surface area contributed by atoms with E-state index in [0.717, 1.165) is 16.7 Å². The molecule has 2 atom stereocenters. The monoisotopic (exact) mass is 687 g/mol. The van der Waals surface area contributed by atoms with Crippen molar-refractivity contribution in [1.29, 1.82) is 0 Å². The van der Waals surface area contributed by atoms with Gasteiger partial charge in [-0.25, -0.2) is 4.79 Å². The van der Waals surface area contributed by atoms with Gasteiger partial charge < -0.3 is 24.8 Å². The van der Waals surface area contributed by atoms with E-state index in [4.69, 9.17) is 25.8 Å². The van der Waals surface area contributed by atoms with Crippen LogP contribution in [0.5, 0.6) is 0 Å². The van der Waals surface area contributed by atoms with Gasteiger partial charge in [0, 0.05) is 41.2 Å². The molecule has 0 saturated heterocycles. The third-order valence-electron chi connectivity index (χ3n) is 7.88. The summed E-state index contributed by atoms with van der Waals surface area (Å²) in [5.74, 6) is -1.06. The van der Waals surface area contributed by atoms with Gasteiger partial charge in [0.25, 0.3) is 0 Å². The van der Waals surface area contributed by atoms with Gasteiger partial charge in [-0.2, -0.15) is 4.68 Å². The average Bonchev–Trinajstić information content (AvgIpc) is 3.63. The third kappa shape index (κ3) is 9.71. The van der Waals surface area contributed by atoms with Gasteiger partial charge in [-0.15, -0.1) is 5.10 Å². The van der Waals surface area contributed by atoms with Crippen LogP contribution in [0.15, 0.2) is 67.1 Å². The summed E-state index contributed by atoms with van der Waals surface area (Å²) >= 11 is 6.25. The predicted molar refractivity (Wildman–Crippen MR) is 183 cm³/mol. The molecule has 0 aliphatic carbocycles. The molecule has 2 bridgehead atoms. The number of aromatic nitrogens is 5. The summed E-state index contributed by atoms with van der Waals surface area (Å²) in [6.07, 6.45) is 8.79. The molecule has 0 spiro atoms. The number of anilines is 1. The number of ether oxygens (including phenoxy) is 3. The van der Waals surface area contributed by atoms with Crippen LogP contribution >= 0.6 is 11.6 Å². The first-order valence-corrected chi connectivity index (χ1v) is 16.4. The molecule has 0 unspecified atom stereocenters. The van der Waals surface area contributed by atoms with Crippen LogP contribution in [-0.2, 0) is 35.0 Å². The van der Waals surface area contributed by atoms with Crippen molar-refractivity contribution in [2.24, 2.45) is 0 Å². The molecule has 2 aromatic carbocycles. The second-order valence-electron chi connectivity index (χ2n) is 11.3. The number of halogens is 1. The molecular weight excluding hydrogens is 650 g/mol. The highest BCUT2D eigenvalue weighted by molar-refractivity contribution is 6.30. The zero-order valence-electron chi connectivity index (χ0n) is 27.3. The lowest BCUT2D eigenvalue weighted by atomic mass is 9.95. The average molecular weight is 688 g/mol. The Balaban J connectivity index is 1.42. The van der Waals surface area contributed by atoms with E-state index in [2.05, 4.69) is 31.1 Å². The molecule has 1 aliphatic rings. The molecule has 256 valence electrons. The summed E-state index contributed by atoms with van der Waals surface area (Å²) < 4.78 is 17.1. The SMILES string of the molecule is CCOC(=O)[C@H]1CCCC[C@H](NC(=O)/C=C/c2cc(Cl)ccc2-n2cnnn2)c2cc(ccn2)-c2ccc(CC(=O)OCCOC)cc2N1. The van der Waals surface area contributed by atoms with Crippen LogP contribution in [0.4, 0.5) is 5.69 Å². The highest BCUT2D eigenvalue weighted by Crippen LogP contribution is 2.33. The molecule has 0 radical (unpaired) electrons. The standard InChI is InChI=1S/C35H38ClN7O6/c1-3-48-35(46)29-7-5-4-6-28(40-33(44)13-9-25-20-26(36)10-12-32(25)43-22-38-41-42-43)31-21-24(14-15-37-31)27-11-8-23(18-30(27)39-29)19-34(45)49-17-16-47-2/h8-15,18,20-22,28-29,39H,3-7,16-17,19H2,1-2H3,(H,40,44)/b13-9+/t28-,29+/m0/s1. The van der Waals surface area contributed by atoms with Gasteiger partial charge >= 0.3 is 11.9 Å². The molecule has 2 aromatic heterocycles. The van der Waals surface area contributed by atoms with Crippen molar-refractivity contribution in [2.45, 2.75) is 51.1 Å². The highest BCUT2D eigenvalue weighted by atomic mass is 35.5. The predicted octanol–water partition coefficient (Wildman–Crippen LogP) is 4.90. The molecule has 2 N–H and O–H groups in total. The fraction of sp³-hybridized carbons (Fsp3) is 0.343. The minimum Gasteiger partial charge on any atom is -0.464 e. The first-order valence-electron chi connectivity index (χ1n) is 16.0. The van der Waals surface area contributed by atoms with Crippen LogP contribution in [-0.4, -0.2) is 76.0 Å². The van der Waals surface area contributed by atoms with Crippen molar-refractivity contribution in [3.05, 3.63) is 89.0 Å². The largest absolute Gasteiger partial charge is 0.464 e. The summed E-state index contributed by atoms with van der Waals surface area (Å²) in [6, 6.07) is 13.6. The second-order valence-corrected chi connectivity index (χ2v) is 11.8. The molecule has 0 saturated carbocycles. The van der Waals surface area contributed by atoms with E-state index < -0.39 is 12.1 Å². The number of hydrogen-bond acceptors (Lipinski definition) is 11. The minimum atomic E-state index is -0.619. The fourth-order valence-electron chi connectivity index (χ4n) is 5.53. The first kappa shape index (κ1) is 35.2. The van der Waals surface area contributed by atoms with Crippen LogP contribution in [0.2, 0.25) is 5.02 Å². The number of rotatable bonds is 11. The molecule has 1 aliphatic heterocycles. The Bertz CT molecular complexity index is 1780. The van der Waals surface area contributed by atoms with E-state index in [-0.39, 0.29) is 37.5 Å². The van der Waals surface area contributed by atoms with Crippen LogP contribution in [0.3, 0.4) is 0 Å². The first-order chi connectivity index (χ1) is 23.8. The summed E-state index contributed by atoms with van der Waals surface area (Å²) in [6.45, 7) is 2.50. The van der Waals surface area contributed by atoms with E-state index >= 15 is 0 Å². The number of nitrogens with one attached hydrogen (secondary N) is 2. The van der Waals surface area contributed by atoms with Crippen molar-refractivity contribution >= 4 is 41.2 Å². The van der Waals surface area contributed by atoms with Crippen molar-refractivity contribution in [1.82, 2.24) is 30.5 Å². The van der Waals surface area contributed by atoms with E-state index in [9.17, 15) is 14.4 Å². The Morgan fingerprint density at radius 3 is 2.71 bits per heavy atom. The number of benzene rings is 2. The van der Waals surface area contributed by atoms with E-state index in [1.165, 1.54) is 17.1 Å². The Hall–Kier alpha value is -5.14. The number of carbonyl (C=O) groups excluding carboxylic acids is 3. The Morgan fingerprint density at radius 1 is 1.06 bits per heavy atom. The van der Waals surface area contributed by atoms with Crippen molar-refractivity contribution < 1.29 is 28.6 Å². The third-order valence-corrected chi connectivity index (χ3v) is 8.12. The number of carbonyl (C=O) groups is 3. The zero-order chi connectivity index (χ0) is 34.6. The number of esters is 2. The minimum absolute atomic E-state index is 0.0539. The molecule has 14 heteroatoms. The number of fused-ring (bicyclic) bond motifs is 4. The van der Waals surface area contributed by atoms with Gasteiger partial charge in [0.1, 0.15) is 19.0 Å². The smallest absolute Gasteiger partial charge is 0.328 e. The van der Waals surface area contributed by atoms with Crippen molar-refractivity contribution in [3.8, 4) is 16.8 Å². The number of tetrazole rings is 1. The van der Waals surface area contributed by atoms with Gasteiger partial charge in [0.05, 0.1) is 37.1 Å². The lowest BCUT2D eigenvalue weighted by Crippen LogP contribution is -2.32. The van der Waals surface area contributed by atoms with Gasteiger partial charge in [-0.1, -0.05) is 36.6 Å². The summed E-state index contributed by atoms with van der Waals surface area (Å²) in [7, 11) is 1.54. The number of pyridine rings is 1. The Labute approximate surface area is 289 Å². The second kappa shape index (κ2) is 17.3. The molecule has 49 heavy (non-hydrogen) atoms. The molecule has 3 heterocycles. The Morgan fingerprint density at radius 2 is 1.92 bits per heavy atom. The normalized spacial score (nSPS) is 16.1. The maximum Gasteiger partial charge on any atom is 0.328 e. The molecule has 5 rings (SSSR count). The molecular formula is C35H38ClN7O6. The Kier molecular flexibility index (Phi) is 12.4. The van der Waals surface area contributed by atoms with Gasteiger partial charge in [0.2, 0.25) is 5.91 Å². The molecule has 0 fully saturated rings. The van der Waals surface area contributed by atoms with E-state index in [0.29, 0.717) is 59.9 Å². The topological polar surface area (TPSA) is 159 Å². The number of methoxy groups -OCH3 is 1. The lowest BCUT2D eigenvalue weighted by Gasteiger charge is -2.24. The van der Waals surface area contributed by atoms with E-state index in [1.807, 2.05) is 30.3 Å². The van der Waals surface area contributed by atoms with Gasteiger partial charge in [-0.05, 0) is 83.8 Å². The fourth-order valence-corrected chi connectivity index (χ4v) is 5.71. The van der Waals surface area contributed by atoms with Crippen molar-refractivity contribution in [2.75, 3.05) is 32.2 Å². The number of amides is 1. The maximum atomic E-state index is 13.3. The highest BCUT2D eigenvalue weighted by Gasteiger charge is 2.24. The van der Waals surface area contributed by atoms with Gasteiger partial charge in [0.15, 0.2) is 0 Å². The molecule has 1 amide bonds. The maximum absolute atomic E-state index is 13.3. The summed E-state index contributed by atoms with van der Waals surface area (Å²) in [4.78, 5) is 43.5. The van der Waals surface area contributed by atoms with Crippen LogP contribution in [0, 0.1) is 0 Å². The number of nitrogens with zero attached hydrogens (tertiary/aromatic N) is 5. The summed E-state index contributed by atoms with van der Waals surface area (Å²) in [5, 5.41) is 18.3. The number of hydrogen-bond donors (Lipinski definition) is 2. The van der Waals surface area contributed by atoms with Crippen LogP contribution in [0.1, 0.15) is 55.5 Å². The van der Waals surface area contributed by atoms with Crippen molar-refractivity contribution in [3.63, 3.8) is 0 Å². The zero-order valence-corrected chi connectivity index (χ0v) is 28.1. The quantitative estimate of drug-likeness (QED) is 0.125. The van der Waals surface area contributed by atoms with E-state index in [1.54, 1.807) is 44.5 Å². The lowest BCUT2D eigenvalue weighted by molar-refractivity contribution is -0.145. The van der Waals surface area contributed by atoms with Crippen LogP contribution in [0.25, 0.3) is 22.9 Å². The summed E-state index contributed by atoms with van der Waals surface area (Å²) in [5.41, 5.74) is 5.02. The molecule has 4 aromatic rings. The van der Waals surface area contributed by atoms with Gasteiger partial charge in [-0.3, -0.25) is 14.6 Å². The molecule has 13 nitrogen and oxygen atoms in total.